The Morgan fingerprint density at radius 1 is 1.10 bits per heavy atom. The van der Waals surface area contributed by atoms with Gasteiger partial charge in [-0.25, -0.2) is 23.1 Å². The molecule has 3 aromatic rings. The van der Waals surface area contributed by atoms with E-state index in [9.17, 15) is 18.4 Å². The number of likely N-dealkylation sites (tertiary alicyclic amines) is 1. The van der Waals surface area contributed by atoms with Crippen molar-refractivity contribution in [3.05, 3.63) is 35.9 Å². The van der Waals surface area contributed by atoms with E-state index in [1.807, 2.05) is 31.7 Å². The highest BCUT2D eigenvalue weighted by atomic mass is 19.3. The number of fused-ring (bicyclic) bond motifs is 3. The summed E-state index contributed by atoms with van der Waals surface area (Å²) in [6.45, 7) is 10.6. The molecule has 0 radical (unpaired) electrons. The average molecular weight is 712 g/mol. The first-order valence-corrected chi connectivity index (χ1v) is 18.5. The highest BCUT2D eigenvalue weighted by Crippen LogP contribution is 2.37. The first-order valence-electron chi connectivity index (χ1n) is 18.5. The van der Waals surface area contributed by atoms with E-state index in [1.165, 1.54) is 10.7 Å². The number of amides is 2. The quantitative estimate of drug-likeness (QED) is 0.278. The standard InChI is InChI=1S/C36H51F2N9O4/c1-36(2,3)51-35(49)44-14-10-24(11-15-44)19-43(4)13-9-23-5-7-25(8-6-23)47-21-29(31(42-47)32(37)38)40-34(48)28-18-39-46-16-12-30(41-33(28)46)45-20-27-17-26(45)22-50-27/h12,16,18,21,23-27,32H,5-11,13-15,17,19-20,22H2,1-4H3,(H,40,48)/t23?,25?,26-,27-/m1/s1. The summed E-state index contributed by atoms with van der Waals surface area (Å²) in [5.41, 5.74) is -0.317. The van der Waals surface area contributed by atoms with Crippen LogP contribution in [0.1, 0.15) is 101 Å². The number of halogens is 2. The van der Waals surface area contributed by atoms with Crippen molar-refractivity contribution >= 4 is 29.2 Å². The summed E-state index contributed by atoms with van der Waals surface area (Å²) in [5, 5.41) is 11.2. The molecule has 1 saturated carbocycles. The van der Waals surface area contributed by atoms with Crippen LogP contribution < -0.4 is 10.2 Å². The van der Waals surface area contributed by atoms with Crippen molar-refractivity contribution in [1.29, 1.82) is 0 Å². The molecule has 3 saturated heterocycles. The molecule has 0 aromatic carbocycles. The fourth-order valence-electron chi connectivity index (χ4n) is 8.16. The second-order valence-electron chi connectivity index (χ2n) is 15.9. The molecule has 3 aliphatic heterocycles. The van der Waals surface area contributed by atoms with E-state index in [4.69, 9.17) is 14.5 Å². The van der Waals surface area contributed by atoms with Crippen LogP contribution in [0.3, 0.4) is 0 Å². The van der Waals surface area contributed by atoms with Gasteiger partial charge in [0.1, 0.15) is 17.0 Å². The number of carbonyl (C=O) groups is 2. The van der Waals surface area contributed by atoms with Gasteiger partial charge in [-0.15, -0.1) is 0 Å². The SMILES string of the molecule is CN(CCC1CCC(n2cc(NC(=O)c3cnn4ccc(N5C[C@H]6C[C@@H]5CO6)nc34)c(C(F)F)n2)CC1)CC1CCN(C(=O)OC(C)(C)C)CC1. The molecule has 6 heterocycles. The molecule has 51 heavy (non-hydrogen) atoms. The van der Waals surface area contributed by atoms with Crippen molar-refractivity contribution in [3.63, 3.8) is 0 Å². The van der Waals surface area contributed by atoms with Gasteiger partial charge in [-0.3, -0.25) is 9.48 Å². The Morgan fingerprint density at radius 3 is 2.53 bits per heavy atom. The molecule has 7 rings (SSSR count). The van der Waals surface area contributed by atoms with Crippen molar-refractivity contribution in [3.8, 4) is 0 Å². The molecule has 15 heteroatoms. The Morgan fingerprint density at radius 2 is 1.86 bits per heavy atom. The first-order chi connectivity index (χ1) is 24.4. The van der Waals surface area contributed by atoms with E-state index in [0.717, 1.165) is 89.9 Å². The monoisotopic (exact) mass is 711 g/mol. The van der Waals surface area contributed by atoms with E-state index in [1.54, 1.807) is 17.1 Å². The number of rotatable bonds is 10. The number of carbonyl (C=O) groups excluding carboxylic acids is 2. The predicted molar refractivity (Wildman–Crippen MR) is 187 cm³/mol. The summed E-state index contributed by atoms with van der Waals surface area (Å²) >= 11 is 0. The normalized spacial score (nSPS) is 24.3. The number of nitrogens with one attached hydrogen (secondary N) is 1. The maximum atomic E-state index is 14.2. The average Bonchev–Trinajstić information content (AvgIpc) is 3.91. The van der Waals surface area contributed by atoms with Gasteiger partial charge in [-0.05, 0) is 104 Å². The second kappa shape index (κ2) is 14.6. The lowest BCUT2D eigenvalue weighted by Crippen LogP contribution is -2.43. The minimum Gasteiger partial charge on any atom is -0.444 e. The maximum Gasteiger partial charge on any atom is 0.410 e. The fraction of sp³-hybridized carbons (Fsp3) is 0.694. The Hall–Kier alpha value is -3.85. The van der Waals surface area contributed by atoms with Crippen LogP contribution in [0.4, 0.5) is 25.1 Å². The molecular formula is C36H51F2N9O4. The van der Waals surface area contributed by atoms with Gasteiger partial charge in [0.25, 0.3) is 12.3 Å². The number of anilines is 2. The van der Waals surface area contributed by atoms with E-state index < -0.39 is 23.6 Å². The summed E-state index contributed by atoms with van der Waals surface area (Å²) in [6.07, 6.45) is 9.57. The van der Waals surface area contributed by atoms with Crippen molar-refractivity contribution in [2.45, 2.75) is 102 Å². The van der Waals surface area contributed by atoms with E-state index in [2.05, 4.69) is 32.4 Å². The number of alkyl halides is 2. The van der Waals surface area contributed by atoms with Crippen LogP contribution in [0.25, 0.3) is 5.65 Å². The molecule has 4 fully saturated rings. The third-order valence-corrected chi connectivity index (χ3v) is 11.0. The Balaban J connectivity index is 0.895. The Labute approximate surface area is 297 Å². The van der Waals surface area contributed by atoms with Gasteiger partial charge in [0.05, 0.1) is 36.7 Å². The number of nitrogens with zero attached hydrogens (tertiary/aromatic N) is 8. The second-order valence-corrected chi connectivity index (χ2v) is 15.9. The summed E-state index contributed by atoms with van der Waals surface area (Å²) in [5.74, 6) is 1.32. The van der Waals surface area contributed by atoms with Crippen molar-refractivity contribution in [2.24, 2.45) is 11.8 Å². The van der Waals surface area contributed by atoms with Gasteiger partial charge in [-0.1, -0.05) is 0 Å². The lowest BCUT2D eigenvalue weighted by atomic mass is 9.84. The van der Waals surface area contributed by atoms with Gasteiger partial charge < -0.3 is 29.5 Å². The highest BCUT2D eigenvalue weighted by molar-refractivity contribution is 6.08. The van der Waals surface area contributed by atoms with Gasteiger partial charge in [0.2, 0.25) is 0 Å². The molecule has 1 aliphatic carbocycles. The van der Waals surface area contributed by atoms with Crippen molar-refractivity contribution < 1.29 is 27.8 Å². The van der Waals surface area contributed by atoms with Crippen LogP contribution in [0.5, 0.6) is 0 Å². The van der Waals surface area contributed by atoms with Crippen LogP contribution in [0.15, 0.2) is 24.7 Å². The number of ether oxygens (including phenoxy) is 2. The van der Waals surface area contributed by atoms with E-state index >= 15 is 0 Å². The highest BCUT2D eigenvalue weighted by Gasteiger charge is 2.40. The van der Waals surface area contributed by atoms with Crippen LogP contribution in [0, 0.1) is 11.8 Å². The van der Waals surface area contributed by atoms with Gasteiger partial charge >= 0.3 is 6.09 Å². The zero-order chi connectivity index (χ0) is 35.9. The fourth-order valence-corrected chi connectivity index (χ4v) is 8.16. The number of aromatic nitrogens is 5. The Bertz CT molecular complexity index is 1690. The smallest absolute Gasteiger partial charge is 0.410 e. The summed E-state index contributed by atoms with van der Waals surface area (Å²) < 4.78 is 42.7. The molecule has 0 spiro atoms. The van der Waals surface area contributed by atoms with Crippen molar-refractivity contribution in [1.82, 2.24) is 34.2 Å². The number of morpholine rings is 1. The zero-order valence-corrected chi connectivity index (χ0v) is 30.1. The van der Waals surface area contributed by atoms with Crippen LogP contribution in [-0.2, 0) is 9.47 Å². The third-order valence-electron chi connectivity index (χ3n) is 11.0. The Kier molecular flexibility index (Phi) is 10.2. The van der Waals surface area contributed by atoms with E-state index in [0.29, 0.717) is 24.1 Å². The van der Waals surface area contributed by atoms with E-state index in [-0.39, 0.29) is 35.5 Å². The van der Waals surface area contributed by atoms with Gasteiger partial charge in [-0.2, -0.15) is 10.2 Å². The largest absolute Gasteiger partial charge is 0.444 e. The lowest BCUT2D eigenvalue weighted by molar-refractivity contribution is 0.0172. The molecule has 2 amide bonds. The van der Waals surface area contributed by atoms with Crippen LogP contribution in [-0.4, -0.2) is 110 Å². The molecule has 4 aliphatic rings. The van der Waals surface area contributed by atoms with Crippen LogP contribution >= 0.6 is 0 Å². The zero-order valence-electron chi connectivity index (χ0n) is 30.1. The molecule has 2 atom stereocenters. The topological polar surface area (TPSA) is 122 Å². The summed E-state index contributed by atoms with van der Waals surface area (Å²) in [7, 11) is 2.17. The third kappa shape index (κ3) is 8.14. The summed E-state index contributed by atoms with van der Waals surface area (Å²) in [4.78, 5) is 37.0. The van der Waals surface area contributed by atoms with Gasteiger partial charge in [0, 0.05) is 38.6 Å². The molecule has 13 nitrogen and oxygen atoms in total. The lowest BCUT2D eigenvalue weighted by Gasteiger charge is -2.35. The summed E-state index contributed by atoms with van der Waals surface area (Å²) in [6, 6.07) is 2.13. The molecule has 1 N–H and O–H groups in total. The minimum atomic E-state index is -2.83. The number of hydrogen-bond acceptors (Lipinski definition) is 9. The molecule has 0 unspecified atom stereocenters. The molecule has 2 bridgehead atoms. The van der Waals surface area contributed by atoms with Crippen LogP contribution in [0.2, 0.25) is 0 Å². The predicted octanol–water partition coefficient (Wildman–Crippen LogP) is 5.79. The number of piperidine rings is 1. The van der Waals surface area contributed by atoms with Crippen molar-refractivity contribution in [2.75, 3.05) is 56.6 Å². The number of hydrogen-bond donors (Lipinski definition) is 1. The molecule has 278 valence electrons. The minimum absolute atomic E-state index is 0.00161. The maximum absolute atomic E-state index is 14.2. The molecular weight excluding hydrogens is 660 g/mol. The van der Waals surface area contributed by atoms with Gasteiger partial charge in [0.15, 0.2) is 11.3 Å². The molecule has 3 aromatic heterocycles. The first kappa shape index (κ1) is 35.5.